The summed E-state index contributed by atoms with van der Waals surface area (Å²) in [6.45, 7) is 6.06. The maximum absolute atomic E-state index is 11.8. The lowest BCUT2D eigenvalue weighted by molar-refractivity contribution is -0.117. The minimum atomic E-state index is 0. The van der Waals surface area contributed by atoms with Crippen molar-refractivity contribution < 1.29 is 9.21 Å². The quantitative estimate of drug-likeness (QED) is 0.389. The molecule has 0 bridgehead atoms. The van der Waals surface area contributed by atoms with Gasteiger partial charge in [-0.2, -0.15) is 0 Å². The highest BCUT2D eigenvalue weighted by Crippen LogP contribution is 2.21. The summed E-state index contributed by atoms with van der Waals surface area (Å²) >= 11 is 0. The summed E-state index contributed by atoms with van der Waals surface area (Å²) < 4.78 is 5.54. The molecule has 6 nitrogen and oxygen atoms in total. The third kappa shape index (κ3) is 5.47. The van der Waals surface area contributed by atoms with Gasteiger partial charge in [-0.3, -0.25) is 9.79 Å². The van der Waals surface area contributed by atoms with Crippen LogP contribution in [0.5, 0.6) is 0 Å². The van der Waals surface area contributed by atoms with Crippen molar-refractivity contribution >= 4 is 41.5 Å². The fourth-order valence-electron chi connectivity index (χ4n) is 3.16. The van der Waals surface area contributed by atoms with E-state index in [0.29, 0.717) is 19.5 Å². The summed E-state index contributed by atoms with van der Waals surface area (Å²) in [4.78, 5) is 17.9. The van der Waals surface area contributed by atoms with Gasteiger partial charge in [0, 0.05) is 44.4 Å². The predicted octanol–water partition coefficient (Wildman–Crippen LogP) is 3.51. The molecule has 0 spiro atoms. The highest BCUT2D eigenvalue weighted by Gasteiger charge is 2.21. The lowest BCUT2D eigenvalue weighted by Crippen LogP contribution is -2.36. The first-order valence-electron chi connectivity index (χ1n) is 8.96. The van der Waals surface area contributed by atoms with Crippen molar-refractivity contribution in [2.45, 2.75) is 39.8 Å². The van der Waals surface area contributed by atoms with E-state index in [2.05, 4.69) is 15.6 Å². The number of carbonyl (C=O) groups is 1. The Morgan fingerprint density at radius 1 is 1.19 bits per heavy atom. The average molecular weight is 482 g/mol. The predicted molar refractivity (Wildman–Crippen MR) is 119 cm³/mol. The van der Waals surface area contributed by atoms with Gasteiger partial charge in [0.25, 0.3) is 0 Å². The van der Waals surface area contributed by atoms with E-state index < -0.39 is 0 Å². The first-order valence-corrected chi connectivity index (χ1v) is 8.96. The summed E-state index contributed by atoms with van der Waals surface area (Å²) in [5, 5.41) is 6.61. The lowest BCUT2D eigenvalue weighted by Gasteiger charge is -2.16. The number of hydrogen-bond donors (Lipinski definition) is 2. The number of guanidine groups is 1. The fourth-order valence-corrected chi connectivity index (χ4v) is 3.16. The molecular formula is C20H27IN4O2. The molecule has 1 amide bonds. The largest absolute Gasteiger partial charge is 0.466 e. The number of aliphatic imine (C=N–C) groups is 1. The number of amides is 1. The molecule has 1 aliphatic heterocycles. The molecule has 1 aliphatic rings. The zero-order chi connectivity index (χ0) is 18.5. The van der Waals surface area contributed by atoms with Gasteiger partial charge in [0.05, 0.1) is 0 Å². The maximum atomic E-state index is 11.8. The van der Waals surface area contributed by atoms with Crippen molar-refractivity contribution in [2.75, 3.05) is 18.5 Å². The van der Waals surface area contributed by atoms with Crippen LogP contribution in [-0.4, -0.2) is 25.5 Å². The van der Waals surface area contributed by atoms with Crippen molar-refractivity contribution in [3.05, 3.63) is 53.0 Å². The highest BCUT2D eigenvalue weighted by molar-refractivity contribution is 14.0. The lowest BCUT2D eigenvalue weighted by atomic mass is 10.2. The third-order valence-corrected chi connectivity index (χ3v) is 4.60. The Morgan fingerprint density at radius 2 is 1.89 bits per heavy atom. The van der Waals surface area contributed by atoms with Gasteiger partial charge in [-0.1, -0.05) is 12.1 Å². The van der Waals surface area contributed by atoms with Crippen molar-refractivity contribution in [3.63, 3.8) is 0 Å². The molecule has 0 atom stereocenters. The second-order valence-corrected chi connectivity index (χ2v) is 6.53. The smallest absolute Gasteiger partial charge is 0.227 e. The van der Waals surface area contributed by atoms with E-state index in [4.69, 9.17) is 4.42 Å². The second-order valence-electron chi connectivity index (χ2n) is 6.53. The van der Waals surface area contributed by atoms with E-state index in [9.17, 15) is 4.79 Å². The number of aryl methyl sites for hydroxylation is 2. The van der Waals surface area contributed by atoms with Crippen LogP contribution >= 0.6 is 24.0 Å². The number of carbonyl (C=O) groups excluding carboxylic acids is 1. The summed E-state index contributed by atoms with van der Waals surface area (Å²) in [6, 6.07) is 10.1. The molecule has 0 radical (unpaired) electrons. The molecule has 0 unspecified atom stereocenters. The first-order chi connectivity index (χ1) is 12.6. The van der Waals surface area contributed by atoms with Crippen LogP contribution in [0.3, 0.4) is 0 Å². The van der Waals surface area contributed by atoms with Gasteiger partial charge >= 0.3 is 0 Å². The molecule has 1 fully saturated rings. The summed E-state index contributed by atoms with van der Waals surface area (Å²) in [6.07, 6.45) is 1.60. The molecule has 2 aromatic rings. The van der Waals surface area contributed by atoms with Crippen molar-refractivity contribution in [1.82, 2.24) is 10.6 Å². The second kappa shape index (κ2) is 9.77. The van der Waals surface area contributed by atoms with Crippen LogP contribution in [0.4, 0.5) is 5.69 Å². The number of furan rings is 1. The van der Waals surface area contributed by atoms with Crippen LogP contribution in [0.1, 0.15) is 35.5 Å². The number of benzene rings is 1. The molecule has 27 heavy (non-hydrogen) atoms. The summed E-state index contributed by atoms with van der Waals surface area (Å²) in [5.41, 5.74) is 3.24. The van der Waals surface area contributed by atoms with Gasteiger partial charge < -0.3 is 20.0 Å². The molecule has 3 rings (SSSR count). The van der Waals surface area contributed by atoms with Gasteiger partial charge in [-0.25, -0.2) is 0 Å². The number of halogens is 1. The molecule has 146 valence electrons. The van der Waals surface area contributed by atoms with E-state index in [0.717, 1.165) is 47.3 Å². The standard InChI is InChI=1S/C20H26N4O2.HI/c1-14-11-17(15(2)26-14)13-23-20(21-3)22-12-16-6-8-18(9-7-16)24-10-4-5-19(24)25;/h6-9,11H,4-5,10,12-13H2,1-3H3,(H2,21,22,23);1H. The Bertz CT molecular complexity index is 799. The molecule has 1 saturated heterocycles. The van der Waals surface area contributed by atoms with Gasteiger partial charge in [0.2, 0.25) is 5.91 Å². The number of hydrogen-bond acceptors (Lipinski definition) is 3. The zero-order valence-corrected chi connectivity index (χ0v) is 18.4. The Balaban J connectivity index is 0.00000261. The van der Waals surface area contributed by atoms with Gasteiger partial charge in [-0.15, -0.1) is 24.0 Å². The van der Waals surface area contributed by atoms with Gasteiger partial charge in [-0.05, 0) is 44.0 Å². The van der Waals surface area contributed by atoms with Gasteiger partial charge in [0.1, 0.15) is 11.5 Å². The van der Waals surface area contributed by atoms with Crippen molar-refractivity contribution in [3.8, 4) is 0 Å². The zero-order valence-electron chi connectivity index (χ0n) is 16.0. The molecule has 2 N–H and O–H groups in total. The van der Waals surface area contributed by atoms with E-state index in [1.807, 2.05) is 49.1 Å². The van der Waals surface area contributed by atoms with Crippen LogP contribution < -0.4 is 15.5 Å². The van der Waals surface area contributed by atoms with E-state index in [1.54, 1.807) is 7.05 Å². The molecule has 1 aromatic heterocycles. The van der Waals surface area contributed by atoms with E-state index >= 15 is 0 Å². The number of anilines is 1. The normalized spacial score (nSPS) is 14.3. The number of rotatable bonds is 5. The molecular weight excluding hydrogens is 455 g/mol. The number of nitrogens with zero attached hydrogens (tertiary/aromatic N) is 2. The van der Waals surface area contributed by atoms with Crippen molar-refractivity contribution in [2.24, 2.45) is 4.99 Å². The van der Waals surface area contributed by atoms with Crippen molar-refractivity contribution in [1.29, 1.82) is 0 Å². The molecule has 0 saturated carbocycles. The SMILES string of the molecule is CN=C(NCc1ccc(N2CCCC2=O)cc1)NCc1cc(C)oc1C.I. The van der Waals surface area contributed by atoms with Crippen LogP contribution in [0.25, 0.3) is 0 Å². The molecule has 2 heterocycles. The Labute approximate surface area is 177 Å². The topological polar surface area (TPSA) is 69.9 Å². The van der Waals surface area contributed by atoms with E-state index in [-0.39, 0.29) is 29.9 Å². The van der Waals surface area contributed by atoms with Crippen LogP contribution in [0.15, 0.2) is 39.7 Å². The third-order valence-electron chi connectivity index (χ3n) is 4.60. The Hall–Kier alpha value is -2.03. The summed E-state index contributed by atoms with van der Waals surface area (Å²) in [5.74, 6) is 2.80. The minimum Gasteiger partial charge on any atom is -0.466 e. The first kappa shape index (κ1) is 21.3. The monoisotopic (exact) mass is 482 g/mol. The average Bonchev–Trinajstić information content (AvgIpc) is 3.20. The van der Waals surface area contributed by atoms with Crippen LogP contribution in [0, 0.1) is 13.8 Å². The summed E-state index contributed by atoms with van der Waals surface area (Å²) in [7, 11) is 1.75. The van der Waals surface area contributed by atoms with Crippen LogP contribution in [0.2, 0.25) is 0 Å². The van der Waals surface area contributed by atoms with E-state index in [1.165, 1.54) is 0 Å². The molecule has 0 aliphatic carbocycles. The molecule has 7 heteroatoms. The Kier molecular flexibility index (Phi) is 7.70. The van der Waals surface area contributed by atoms with Gasteiger partial charge in [0.15, 0.2) is 5.96 Å². The molecule has 1 aromatic carbocycles. The number of nitrogens with one attached hydrogen (secondary N) is 2. The highest BCUT2D eigenvalue weighted by atomic mass is 127. The Morgan fingerprint density at radius 3 is 2.44 bits per heavy atom. The maximum Gasteiger partial charge on any atom is 0.227 e. The van der Waals surface area contributed by atoms with Crippen LogP contribution in [-0.2, 0) is 17.9 Å². The minimum absolute atomic E-state index is 0. The fraction of sp³-hybridized carbons (Fsp3) is 0.400.